The molecule has 0 unspecified atom stereocenters. The Hall–Kier alpha value is -0.270. The Labute approximate surface area is 495 Å². The minimum atomic E-state index is -0.181. The van der Waals surface area contributed by atoms with Gasteiger partial charge in [0.25, 0.3) is 0 Å². The Balaban J connectivity index is -0.000000308. The third kappa shape index (κ3) is 80.6. The summed E-state index contributed by atoms with van der Waals surface area (Å²) in [5.41, 5.74) is 0. The molecule has 1 fully saturated rings. The van der Waals surface area contributed by atoms with Crippen molar-refractivity contribution in [3.63, 3.8) is 0 Å². The molecule has 0 bridgehead atoms. The van der Waals surface area contributed by atoms with E-state index in [1.54, 1.807) is 0 Å². The zero-order valence-electron chi connectivity index (χ0n) is 51.4. The van der Waals surface area contributed by atoms with Crippen molar-refractivity contribution in [3.05, 3.63) is 0 Å². The van der Waals surface area contributed by atoms with Gasteiger partial charge < -0.3 is 6.74 Å². The van der Waals surface area contributed by atoms with E-state index in [1.165, 1.54) is 257 Å². The van der Waals surface area contributed by atoms with Gasteiger partial charge in [-0.3, -0.25) is 24.0 Å². The Kier molecular flexibility index (Phi) is 78.8. The monoisotopic (exact) mass is 1090 g/mol. The summed E-state index contributed by atoms with van der Waals surface area (Å²) in [5.74, 6) is 0.925. The van der Waals surface area contributed by atoms with Crippen molar-refractivity contribution >= 4 is 51.2 Å². The number of unbranched alkanes of at least 4 members (excludes halogenated alkanes) is 43. The maximum absolute atomic E-state index is 11.8. The van der Waals surface area contributed by atoms with Gasteiger partial charge in [-0.15, -0.1) is 0 Å². The number of rotatable bonds is 54. The van der Waals surface area contributed by atoms with Gasteiger partial charge >= 0.3 is 29.6 Å². The van der Waals surface area contributed by atoms with Crippen LogP contribution in [0.1, 0.15) is 382 Å². The van der Waals surface area contributed by atoms with Crippen LogP contribution in [0.4, 0.5) is 0 Å². The van der Waals surface area contributed by atoms with E-state index in [0.29, 0.717) is 43.7 Å². The fourth-order valence-corrected chi connectivity index (χ4v) is 9.74. The summed E-state index contributed by atoms with van der Waals surface area (Å²) in [6.07, 6.45) is 68.4. The van der Waals surface area contributed by atoms with E-state index in [1.807, 2.05) is 6.92 Å². The standard InChI is InChI=1S/C25H48O2.2C18H35ClO.C4H7NO.Na.H/c1-3-5-6-7-8-9-10-11-12-13-14-15-16-17-18-22-25(27)23-20-19-21-24(26)4-2;2*1-2-3-4-5-6-7-8-9-10-11-12-13-14-15-16-17-18(19)20;6-4-2-1-3-5-4;;/h3-23H2,1-2H3;2*2-17H2,1H3;1-3H2,(H,5,6);;/q;;;;+1;-1. The summed E-state index contributed by atoms with van der Waals surface area (Å²) in [5, 5.41) is 2.32. The molecule has 0 aromatic carbocycles. The second kappa shape index (κ2) is 72.7. The van der Waals surface area contributed by atoms with Crippen LogP contribution in [0.3, 0.4) is 0 Å². The SMILES string of the molecule is CCCCCCCCCCCCCCCCCC(=O)CCCCC(=O)CC.CCCCCCCCCCCCCCCCCC(=O)Cl.CCCCCCCCCCCCCCCCCC(=O)Cl.O=C1CCCN1.[H-].[Na+]. The van der Waals surface area contributed by atoms with E-state index >= 15 is 0 Å². The molecule has 0 atom stereocenters. The number of carbonyl (C=O) groups excluding carboxylic acids is 5. The molecule has 1 N–H and O–H groups in total. The van der Waals surface area contributed by atoms with Crippen LogP contribution in [0.5, 0.6) is 0 Å². The van der Waals surface area contributed by atoms with Crippen molar-refractivity contribution in [1.82, 2.24) is 5.32 Å². The first-order valence-corrected chi connectivity index (χ1v) is 33.1. The Morgan fingerprint density at radius 2 is 0.541 bits per heavy atom. The minimum absolute atomic E-state index is 0. The van der Waals surface area contributed by atoms with Crippen molar-refractivity contribution in [2.45, 2.75) is 381 Å². The van der Waals surface area contributed by atoms with E-state index in [9.17, 15) is 24.0 Å². The Bertz CT molecular complexity index is 1110. The van der Waals surface area contributed by atoms with Crippen LogP contribution in [0.15, 0.2) is 0 Å². The summed E-state index contributed by atoms with van der Waals surface area (Å²) in [6.45, 7) is 9.62. The number of Topliss-reactive ketones (excluding diaryl/α,β-unsaturated/α-hetero) is 2. The zero-order valence-corrected chi connectivity index (χ0v) is 53.9. The molecule has 74 heavy (non-hydrogen) atoms. The molecule has 1 rings (SSSR count). The molecule has 436 valence electrons. The minimum Gasteiger partial charge on any atom is -1.00 e. The van der Waals surface area contributed by atoms with E-state index in [0.717, 1.165) is 70.8 Å². The quantitative estimate of drug-likeness (QED) is 0.0372. The molecular weight excluding hydrogens is 969 g/mol. The van der Waals surface area contributed by atoms with E-state index in [-0.39, 0.29) is 47.4 Å². The van der Waals surface area contributed by atoms with Crippen LogP contribution in [0.25, 0.3) is 0 Å². The van der Waals surface area contributed by atoms with Crippen molar-refractivity contribution in [2.75, 3.05) is 6.54 Å². The second-order valence-corrected chi connectivity index (χ2v) is 22.7. The van der Waals surface area contributed by atoms with Crippen molar-refractivity contribution in [3.8, 4) is 0 Å². The molecule has 1 aliphatic heterocycles. The second-order valence-electron chi connectivity index (χ2n) is 21.9. The summed E-state index contributed by atoms with van der Waals surface area (Å²) in [7, 11) is 0. The number of carbonyl (C=O) groups is 5. The molecule has 0 aliphatic carbocycles. The van der Waals surface area contributed by atoms with Gasteiger partial charge in [-0.2, -0.15) is 0 Å². The van der Waals surface area contributed by atoms with Crippen molar-refractivity contribution < 1.29 is 55.0 Å². The summed E-state index contributed by atoms with van der Waals surface area (Å²) >= 11 is 10.6. The maximum Gasteiger partial charge on any atom is 1.00 e. The first-order chi connectivity index (χ1) is 35.6. The molecule has 1 saturated heterocycles. The third-order valence-electron chi connectivity index (χ3n) is 14.5. The van der Waals surface area contributed by atoms with Crippen molar-refractivity contribution in [1.29, 1.82) is 0 Å². The molecular formula is C65H126Cl2NNaO5. The maximum atomic E-state index is 11.8. The molecule has 1 amide bonds. The molecule has 1 aliphatic rings. The largest absolute Gasteiger partial charge is 1.00 e. The number of nitrogens with one attached hydrogen (secondary N) is 1. The van der Waals surface area contributed by atoms with E-state index in [4.69, 9.17) is 23.2 Å². The van der Waals surface area contributed by atoms with Crippen molar-refractivity contribution in [2.24, 2.45) is 0 Å². The number of halogens is 2. The summed E-state index contributed by atoms with van der Waals surface area (Å²) < 4.78 is 0. The van der Waals surface area contributed by atoms with Crippen LogP contribution in [0.2, 0.25) is 0 Å². The summed E-state index contributed by atoms with van der Waals surface area (Å²) in [4.78, 5) is 54.2. The molecule has 0 saturated carbocycles. The van der Waals surface area contributed by atoms with E-state index < -0.39 is 0 Å². The third-order valence-corrected chi connectivity index (χ3v) is 14.8. The molecule has 0 spiro atoms. The normalized spacial score (nSPS) is 11.6. The van der Waals surface area contributed by atoms with Crippen LogP contribution in [-0.4, -0.2) is 34.5 Å². The average Bonchev–Trinajstić information content (AvgIpc) is 3.87. The van der Waals surface area contributed by atoms with Crippen LogP contribution in [0, 0.1) is 0 Å². The van der Waals surface area contributed by atoms with Gasteiger partial charge in [0, 0.05) is 51.5 Å². The predicted octanol–water partition coefficient (Wildman–Crippen LogP) is 19.4. The van der Waals surface area contributed by atoms with Crippen LogP contribution < -0.4 is 34.9 Å². The average molecular weight is 1100 g/mol. The van der Waals surface area contributed by atoms with Crippen LogP contribution in [-0.2, 0) is 24.0 Å². The first-order valence-electron chi connectivity index (χ1n) is 32.3. The Morgan fingerprint density at radius 1 is 0.338 bits per heavy atom. The predicted molar refractivity (Wildman–Crippen MR) is 322 cm³/mol. The van der Waals surface area contributed by atoms with E-state index in [2.05, 4.69) is 26.1 Å². The molecule has 0 aromatic heterocycles. The fourth-order valence-electron chi connectivity index (χ4n) is 9.48. The van der Waals surface area contributed by atoms with Gasteiger partial charge in [0.15, 0.2) is 0 Å². The smallest absolute Gasteiger partial charge is 1.00 e. The van der Waals surface area contributed by atoms with Gasteiger partial charge in [-0.25, -0.2) is 0 Å². The number of hydrogen-bond donors (Lipinski definition) is 1. The van der Waals surface area contributed by atoms with Crippen LogP contribution >= 0.6 is 23.2 Å². The molecule has 6 nitrogen and oxygen atoms in total. The number of amides is 1. The molecule has 0 aromatic rings. The molecule has 9 heteroatoms. The van der Waals surface area contributed by atoms with Gasteiger partial charge in [0.1, 0.15) is 11.6 Å². The van der Waals surface area contributed by atoms with Gasteiger partial charge in [-0.1, -0.05) is 297 Å². The first kappa shape index (κ1) is 80.2. The van der Waals surface area contributed by atoms with Gasteiger partial charge in [0.05, 0.1) is 0 Å². The molecule has 1 heterocycles. The number of hydrogen-bond acceptors (Lipinski definition) is 5. The van der Waals surface area contributed by atoms with Gasteiger partial charge in [-0.05, 0) is 61.7 Å². The fraction of sp³-hybridized carbons (Fsp3) is 0.923. The zero-order chi connectivity index (χ0) is 54.2. The number of ketones is 2. The Morgan fingerprint density at radius 3 is 0.716 bits per heavy atom. The topological polar surface area (TPSA) is 97.4 Å². The van der Waals surface area contributed by atoms with Gasteiger partial charge in [0.2, 0.25) is 16.4 Å². The molecule has 0 radical (unpaired) electrons. The summed E-state index contributed by atoms with van der Waals surface area (Å²) in [6, 6.07) is 0.